The third-order valence-corrected chi connectivity index (χ3v) is 2.08. The molecule has 2 N–H and O–H groups in total. The molecule has 0 saturated heterocycles. The van der Waals surface area contributed by atoms with E-state index >= 15 is 0 Å². The second-order valence-electron chi connectivity index (χ2n) is 3.22. The molecule has 14 heavy (non-hydrogen) atoms. The lowest BCUT2D eigenvalue weighted by atomic mass is 10.1. The maximum Gasteiger partial charge on any atom is 0.337 e. The van der Waals surface area contributed by atoms with Gasteiger partial charge in [0.2, 0.25) is 0 Å². The molecule has 0 aliphatic carbocycles. The summed E-state index contributed by atoms with van der Waals surface area (Å²) in [5.74, 6) is -0.949. The first-order valence-electron chi connectivity index (χ1n) is 4.35. The molecule has 4 heteroatoms. The number of carbonyl (C=O) groups is 1. The van der Waals surface area contributed by atoms with Gasteiger partial charge in [-0.3, -0.25) is 4.99 Å². The molecule has 1 aliphatic heterocycles. The third-order valence-electron chi connectivity index (χ3n) is 2.08. The summed E-state index contributed by atoms with van der Waals surface area (Å²) in [5.41, 5.74) is 1.52. The van der Waals surface area contributed by atoms with Gasteiger partial charge in [0.25, 0.3) is 0 Å². The Labute approximate surface area is 81.3 Å². The second kappa shape index (κ2) is 3.14. The molecule has 0 fully saturated rings. The number of aliphatic imine (C=N–C) groups is 1. The fourth-order valence-corrected chi connectivity index (χ4v) is 1.44. The number of hydrogen-bond acceptors (Lipinski definition) is 3. The van der Waals surface area contributed by atoms with Crippen LogP contribution in [0.1, 0.15) is 17.3 Å². The van der Waals surface area contributed by atoms with Crippen LogP contribution in [0.4, 0.5) is 11.4 Å². The maximum atomic E-state index is 10.9. The van der Waals surface area contributed by atoms with E-state index in [-0.39, 0.29) is 11.6 Å². The van der Waals surface area contributed by atoms with Crippen LogP contribution in [0.15, 0.2) is 23.2 Å². The van der Waals surface area contributed by atoms with Crippen molar-refractivity contribution in [2.45, 2.75) is 13.0 Å². The van der Waals surface area contributed by atoms with Crippen molar-refractivity contribution in [1.82, 2.24) is 0 Å². The summed E-state index contributed by atoms with van der Waals surface area (Å²) in [6.07, 6.45) is 1.70. The largest absolute Gasteiger partial charge is 0.478 e. The number of fused-ring (bicyclic) bond motifs is 1. The van der Waals surface area contributed by atoms with E-state index in [9.17, 15) is 4.79 Å². The molecule has 4 nitrogen and oxygen atoms in total. The summed E-state index contributed by atoms with van der Waals surface area (Å²) < 4.78 is 0. The SMILES string of the molecule is CC1C=Nc2c(cccc2C(=O)O)N1. The predicted octanol–water partition coefficient (Wildman–Crippen LogP) is 1.90. The summed E-state index contributed by atoms with van der Waals surface area (Å²) in [6, 6.07) is 5.24. The Morgan fingerprint density at radius 3 is 3.07 bits per heavy atom. The van der Waals surface area contributed by atoms with Crippen LogP contribution in [0.5, 0.6) is 0 Å². The molecule has 1 aromatic rings. The summed E-state index contributed by atoms with van der Waals surface area (Å²) in [5, 5.41) is 12.0. The highest BCUT2D eigenvalue weighted by atomic mass is 16.4. The van der Waals surface area contributed by atoms with Crippen LogP contribution in [-0.4, -0.2) is 23.3 Å². The first kappa shape index (κ1) is 8.74. The molecule has 0 bridgehead atoms. The minimum absolute atomic E-state index is 0.145. The predicted molar refractivity (Wildman–Crippen MR) is 54.6 cm³/mol. The van der Waals surface area contributed by atoms with Crippen LogP contribution in [0.3, 0.4) is 0 Å². The van der Waals surface area contributed by atoms with Crippen molar-refractivity contribution >= 4 is 23.6 Å². The topological polar surface area (TPSA) is 61.7 Å². The molecule has 0 aromatic heterocycles. The van der Waals surface area contributed by atoms with Gasteiger partial charge in [-0.1, -0.05) is 6.07 Å². The van der Waals surface area contributed by atoms with Crippen LogP contribution in [0.25, 0.3) is 0 Å². The van der Waals surface area contributed by atoms with Crippen molar-refractivity contribution in [3.63, 3.8) is 0 Å². The summed E-state index contributed by atoms with van der Waals surface area (Å²) in [6.45, 7) is 1.96. The van der Waals surface area contributed by atoms with Gasteiger partial charge in [-0.25, -0.2) is 4.79 Å². The van der Waals surface area contributed by atoms with Crippen molar-refractivity contribution in [3.8, 4) is 0 Å². The molecule has 1 aliphatic rings. The number of para-hydroxylation sites is 1. The minimum Gasteiger partial charge on any atom is -0.478 e. The van der Waals surface area contributed by atoms with Gasteiger partial charge in [0.1, 0.15) is 5.69 Å². The van der Waals surface area contributed by atoms with E-state index < -0.39 is 5.97 Å². The lowest BCUT2D eigenvalue weighted by molar-refractivity contribution is 0.0698. The standard InChI is InChI=1S/C10H10N2O2/c1-6-5-11-9-7(10(13)14)3-2-4-8(9)12-6/h2-6,12H,1H3,(H,13,14). The zero-order chi connectivity index (χ0) is 10.1. The quantitative estimate of drug-likeness (QED) is 0.710. The summed E-state index contributed by atoms with van der Waals surface area (Å²) in [4.78, 5) is 15.0. The van der Waals surface area contributed by atoms with E-state index in [0.717, 1.165) is 5.69 Å². The van der Waals surface area contributed by atoms with E-state index in [0.29, 0.717) is 5.69 Å². The summed E-state index contributed by atoms with van der Waals surface area (Å²) in [7, 11) is 0. The summed E-state index contributed by atoms with van der Waals surface area (Å²) >= 11 is 0. The average Bonchev–Trinajstić information content (AvgIpc) is 2.16. The van der Waals surface area contributed by atoms with E-state index in [1.807, 2.05) is 13.0 Å². The van der Waals surface area contributed by atoms with Gasteiger partial charge in [-0.05, 0) is 19.1 Å². The maximum absolute atomic E-state index is 10.9. The van der Waals surface area contributed by atoms with E-state index in [4.69, 9.17) is 5.11 Å². The lowest BCUT2D eigenvalue weighted by Crippen LogP contribution is -2.20. The molecule has 1 atom stereocenters. The van der Waals surface area contributed by atoms with Gasteiger partial charge in [0, 0.05) is 6.21 Å². The van der Waals surface area contributed by atoms with Crippen LogP contribution in [0, 0.1) is 0 Å². The average molecular weight is 190 g/mol. The Bertz CT molecular complexity index is 413. The number of carboxylic acid groups (broad SMARTS) is 1. The van der Waals surface area contributed by atoms with Crippen molar-refractivity contribution < 1.29 is 9.90 Å². The van der Waals surface area contributed by atoms with Crippen LogP contribution in [0.2, 0.25) is 0 Å². The zero-order valence-corrected chi connectivity index (χ0v) is 7.69. The number of nitrogens with zero attached hydrogens (tertiary/aromatic N) is 1. The molecular weight excluding hydrogens is 180 g/mol. The molecule has 1 heterocycles. The molecule has 2 rings (SSSR count). The number of hydrogen-bond donors (Lipinski definition) is 2. The Kier molecular flexibility index (Phi) is 1.96. The highest BCUT2D eigenvalue weighted by Crippen LogP contribution is 2.31. The number of rotatable bonds is 1. The fraction of sp³-hybridized carbons (Fsp3) is 0.200. The first-order valence-corrected chi connectivity index (χ1v) is 4.35. The number of benzene rings is 1. The molecule has 0 saturated carbocycles. The highest BCUT2D eigenvalue weighted by molar-refractivity contribution is 5.99. The zero-order valence-electron chi connectivity index (χ0n) is 7.69. The lowest BCUT2D eigenvalue weighted by Gasteiger charge is -2.18. The number of anilines is 1. The van der Waals surface area contributed by atoms with Gasteiger partial charge in [0.05, 0.1) is 17.3 Å². The van der Waals surface area contributed by atoms with E-state index in [2.05, 4.69) is 10.3 Å². The molecular formula is C10H10N2O2. The smallest absolute Gasteiger partial charge is 0.337 e. The first-order chi connectivity index (χ1) is 6.68. The van der Waals surface area contributed by atoms with E-state index in [1.165, 1.54) is 0 Å². The molecule has 72 valence electrons. The molecule has 0 radical (unpaired) electrons. The van der Waals surface area contributed by atoms with Gasteiger partial charge in [-0.2, -0.15) is 0 Å². The Morgan fingerprint density at radius 2 is 2.36 bits per heavy atom. The normalized spacial score (nSPS) is 18.5. The van der Waals surface area contributed by atoms with Crippen LogP contribution >= 0.6 is 0 Å². The van der Waals surface area contributed by atoms with Gasteiger partial charge in [-0.15, -0.1) is 0 Å². The van der Waals surface area contributed by atoms with Gasteiger partial charge >= 0.3 is 5.97 Å². The Morgan fingerprint density at radius 1 is 1.57 bits per heavy atom. The minimum atomic E-state index is -0.949. The monoisotopic (exact) mass is 190 g/mol. The molecule has 1 unspecified atom stereocenters. The van der Waals surface area contributed by atoms with Gasteiger partial charge in [0.15, 0.2) is 0 Å². The molecule has 1 aromatic carbocycles. The second-order valence-corrected chi connectivity index (χ2v) is 3.22. The van der Waals surface area contributed by atoms with Crippen molar-refractivity contribution in [2.24, 2.45) is 4.99 Å². The van der Waals surface area contributed by atoms with Crippen LogP contribution in [-0.2, 0) is 0 Å². The number of aromatic carboxylic acids is 1. The van der Waals surface area contributed by atoms with Crippen molar-refractivity contribution in [2.75, 3.05) is 5.32 Å². The van der Waals surface area contributed by atoms with Crippen molar-refractivity contribution in [3.05, 3.63) is 23.8 Å². The van der Waals surface area contributed by atoms with Crippen molar-refractivity contribution in [1.29, 1.82) is 0 Å². The van der Waals surface area contributed by atoms with E-state index in [1.54, 1.807) is 18.3 Å². The van der Waals surface area contributed by atoms with Crippen LogP contribution < -0.4 is 5.32 Å². The number of nitrogens with one attached hydrogen (secondary N) is 1. The Hall–Kier alpha value is -1.84. The molecule has 0 amide bonds. The highest BCUT2D eigenvalue weighted by Gasteiger charge is 2.16. The Balaban J connectivity index is 2.55. The van der Waals surface area contributed by atoms with Gasteiger partial charge < -0.3 is 10.4 Å². The molecule has 0 spiro atoms. The fourth-order valence-electron chi connectivity index (χ4n) is 1.44. The number of carboxylic acids is 1. The third kappa shape index (κ3) is 1.35.